The van der Waals surface area contributed by atoms with Gasteiger partial charge in [0.05, 0.1) is 0 Å². The lowest BCUT2D eigenvalue weighted by Gasteiger charge is -2.18. The summed E-state index contributed by atoms with van der Waals surface area (Å²) in [6.07, 6.45) is 60.6. The van der Waals surface area contributed by atoms with Crippen LogP contribution in [0.15, 0.2) is 60.8 Å². The SMILES string of the molecule is CC\C=C/C=C\C=C/C=C\CCCCCCCC(=O)OC(COC(=O)CCCCCCC/C=C\CCCCC)COC(=O)CCCCCCCCCCCCCCCCCC. The fourth-order valence-electron chi connectivity index (χ4n) is 7.21. The molecular formula is C55H96O6. The van der Waals surface area contributed by atoms with E-state index in [0.717, 1.165) is 89.9 Å². The van der Waals surface area contributed by atoms with Gasteiger partial charge in [-0.25, -0.2) is 0 Å². The van der Waals surface area contributed by atoms with Gasteiger partial charge in [-0.3, -0.25) is 14.4 Å². The number of ether oxygens (including phenoxy) is 3. The molecular weight excluding hydrogens is 757 g/mol. The van der Waals surface area contributed by atoms with E-state index >= 15 is 0 Å². The monoisotopic (exact) mass is 853 g/mol. The van der Waals surface area contributed by atoms with Crippen molar-refractivity contribution in [2.45, 2.75) is 258 Å². The lowest BCUT2D eigenvalue weighted by atomic mass is 10.0. The summed E-state index contributed by atoms with van der Waals surface area (Å²) >= 11 is 0. The van der Waals surface area contributed by atoms with Gasteiger partial charge < -0.3 is 14.2 Å². The second-order valence-corrected chi connectivity index (χ2v) is 17.1. The van der Waals surface area contributed by atoms with Crippen LogP contribution in [-0.2, 0) is 28.6 Å². The fraction of sp³-hybridized carbons (Fsp3) is 0.764. The molecule has 6 nitrogen and oxygen atoms in total. The summed E-state index contributed by atoms with van der Waals surface area (Å²) in [6.45, 7) is 6.46. The zero-order valence-corrected chi connectivity index (χ0v) is 40.2. The molecule has 0 fully saturated rings. The van der Waals surface area contributed by atoms with Crippen LogP contribution in [0.5, 0.6) is 0 Å². The van der Waals surface area contributed by atoms with Gasteiger partial charge in [-0.1, -0.05) is 229 Å². The van der Waals surface area contributed by atoms with Crippen LogP contribution in [0.3, 0.4) is 0 Å². The minimum Gasteiger partial charge on any atom is -0.462 e. The second kappa shape index (κ2) is 49.8. The molecule has 0 aliphatic heterocycles. The van der Waals surface area contributed by atoms with Gasteiger partial charge in [0.2, 0.25) is 0 Å². The quantitative estimate of drug-likeness (QED) is 0.0200. The lowest BCUT2D eigenvalue weighted by molar-refractivity contribution is -0.167. The summed E-state index contributed by atoms with van der Waals surface area (Å²) < 4.78 is 16.8. The van der Waals surface area contributed by atoms with E-state index in [9.17, 15) is 14.4 Å². The molecule has 6 heteroatoms. The maximum absolute atomic E-state index is 12.8. The molecule has 0 aromatic rings. The molecule has 0 amide bonds. The normalized spacial score (nSPS) is 12.5. The first-order valence-electron chi connectivity index (χ1n) is 25.8. The Balaban J connectivity index is 4.40. The molecule has 1 unspecified atom stereocenters. The van der Waals surface area contributed by atoms with Crippen LogP contribution in [0.25, 0.3) is 0 Å². The van der Waals surface area contributed by atoms with Crippen molar-refractivity contribution in [2.75, 3.05) is 13.2 Å². The molecule has 0 heterocycles. The summed E-state index contributed by atoms with van der Waals surface area (Å²) in [5.41, 5.74) is 0. The largest absolute Gasteiger partial charge is 0.462 e. The summed E-state index contributed by atoms with van der Waals surface area (Å²) in [4.78, 5) is 37.9. The third-order valence-corrected chi connectivity index (χ3v) is 11.1. The average Bonchev–Trinajstić information content (AvgIpc) is 3.26. The van der Waals surface area contributed by atoms with Crippen LogP contribution in [0, 0.1) is 0 Å². The smallest absolute Gasteiger partial charge is 0.306 e. The van der Waals surface area contributed by atoms with Crippen molar-refractivity contribution in [1.29, 1.82) is 0 Å². The predicted octanol–water partition coefficient (Wildman–Crippen LogP) is 16.9. The van der Waals surface area contributed by atoms with Crippen LogP contribution in [0.4, 0.5) is 0 Å². The van der Waals surface area contributed by atoms with Crippen molar-refractivity contribution in [2.24, 2.45) is 0 Å². The van der Waals surface area contributed by atoms with Gasteiger partial charge in [0.25, 0.3) is 0 Å². The molecule has 0 aliphatic rings. The zero-order chi connectivity index (χ0) is 44.4. The molecule has 0 saturated heterocycles. The summed E-state index contributed by atoms with van der Waals surface area (Å²) in [5.74, 6) is -0.912. The Bertz CT molecular complexity index is 1120. The second-order valence-electron chi connectivity index (χ2n) is 17.1. The van der Waals surface area contributed by atoms with Crippen LogP contribution < -0.4 is 0 Å². The Morgan fingerprint density at radius 1 is 0.344 bits per heavy atom. The van der Waals surface area contributed by atoms with E-state index in [1.165, 1.54) is 122 Å². The minimum absolute atomic E-state index is 0.0847. The highest BCUT2D eigenvalue weighted by Crippen LogP contribution is 2.15. The van der Waals surface area contributed by atoms with E-state index in [-0.39, 0.29) is 31.1 Å². The van der Waals surface area contributed by atoms with Crippen molar-refractivity contribution in [3.63, 3.8) is 0 Å². The number of hydrogen-bond donors (Lipinski definition) is 0. The number of unbranched alkanes of at least 4 members (excludes halogenated alkanes) is 28. The molecule has 0 N–H and O–H groups in total. The molecule has 352 valence electrons. The van der Waals surface area contributed by atoms with Gasteiger partial charge >= 0.3 is 17.9 Å². The molecule has 1 atom stereocenters. The molecule has 0 rings (SSSR count). The van der Waals surface area contributed by atoms with E-state index < -0.39 is 6.10 Å². The topological polar surface area (TPSA) is 78.9 Å². The lowest BCUT2D eigenvalue weighted by Crippen LogP contribution is -2.30. The Morgan fingerprint density at radius 2 is 0.656 bits per heavy atom. The molecule has 0 spiro atoms. The van der Waals surface area contributed by atoms with Crippen molar-refractivity contribution in [1.82, 2.24) is 0 Å². The van der Waals surface area contributed by atoms with Crippen LogP contribution in [0.1, 0.15) is 252 Å². The standard InChI is InChI=1S/C55H96O6/c1-4-7-10-13-16-19-22-25-27-29-30-33-36-39-42-45-48-54(57)60-51-52(50-59-53(56)47-44-41-38-35-32-24-21-18-15-12-9-6-3)61-55(58)49-46-43-40-37-34-31-28-26-23-20-17-14-11-8-5-2/h8,11,14,17-18,20-21,23,26,28,52H,4-7,9-10,12-13,15-16,19,22,24-25,27,29-51H2,1-3H3/b11-8-,17-14-,21-18-,23-20-,28-26-. The number of rotatable bonds is 46. The molecule has 0 aromatic carbocycles. The third kappa shape index (κ3) is 48.0. The third-order valence-electron chi connectivity index (χ3n) is 11.1. The van der Waals surface area contributed by atoms with E-state index in [4.69, 9.17) is 14.2 Å². The Kier molecular flexibility index (Phi) is 47.4. The van der Waals surface area contributed by atoms with Crippen molar-refractivity contribution in [3.05, 3.63) is 60.8 Å². The molecule has 0 aromatic heterocycles. The van der Waals surface area contributed by atoms with Crippen LogP contribution >= 0.6 is 0 Å². The maximum Gasteiger partial charge on any atom is 0.306 e. The van der Waals surface area contributed by atoms with E-state index in [2.05, 4.69) is 63.3 Å². The molecule has 61 heavy (non-hydrogen) atoms. The van der Waals surface area contributed by atoms with Crippen LogP contribution in [-0.4, -0.2) is 37.2 Å². The highest BCUT2D eigenvalue weighted by molar-refractivity contribution is 5.71. The minimum atomic E-state index is -0.787. The van der Waals surface area contributed by atoms with Crippen molar-refractivity contribution in [3.8, 4) is 0 Å². The summed E-state index contributed by atoms with van der Waals surface area (Å²) in [7, 11) is 0. The van der Waals surface area contributed by atoms with E-state index in [0.29, 0.717) is 19.3 Å². The van der Waals surface area contributed by atoms with Crippen LogP contribution in [0.2, 0.25) is 0 Å². The molecule has 0 saturated carbocycles. The van der Waals surface area contributed by atoms with Gasteiger partial charge in [-0.2, -0.15) is 0 Å². The first-order chi connectivity index (χ1) is 30.0. The fourth-order valence-corrected chi connectivity index (χ4v) is 7.21. The highest BCUT2D eigenvalue weighted by atomic mass is 16.6. The van der Waals surface area contributed by atoms with Crippen molar-refractivity contribution < 1.29 is 28.6 Å². The van der Waals surface area contributed by atoms with Gasteiger partial charge in [-0.05, 0) is 64.2 Å². The number of esters is 3. The van der Waals surface area contributed by atoms with Gasteiger partial charge in [0.15, 0.2) is 6.10 Å². The molecule has 0 radical (unpaired) electrons. The summed E-state index contributed by atoms with van der Waals surface area (Å²) in [5, 5.41) is 0. The Hall–Kier alpha value is -2.89. The first kappa shape index (κ1) is 58.1. The molecule has 0 aliphatic carbocycles. The number of carbonyl (C=O) groups excluding carboxylic acids is 3. The predicted molar refractivity (Wildman–Crippen MR) is 261 cm³/mol. The van der Waals surface area contributed by atoms with Gasteiger partial charge in [0.1, 0.15) is 13.2 Å². The first-order valence-corrected chi connectivity index (χ1v) is 25.8. The summed E-state index contributed by atoms with van der Waals surface area (Å²) in [6, 6.07) is 0. The van der Waals surface area contributed by atoms with E-state index in [1.54, 1.807) is 0 Å². The average molecular weight is 853 g/mol. The zero-order valence-electron chi connectivity index (χ0n) is 40.2. The number of allylic oxidation sites excluding steroid dienone is 10. The van der Waals surface area contributed by atoms with Gasteiger partial charge in [0, 0.05) is 19.3 Å². The Morgan fingerprint density at radius 3 is 1.08 bits per heavy atom. The molecule has 0 bridgehead atoms. The van der Waals surface area contributed by atoms with E-state index in [1.807, 2.05) is 18.2 Å². The van der Waals surface area contributed by atoms with Gasteiger partial charge in [-0.15, -0.1) is 0 Å². The highest BCUT2D eigenvalue weighted by Gasteiger charge is 2.19. The number of hydrogen-bond acceptors (Lipinski definition) is 6. The Labute approximate surface area is 377 Å². The number of carbonyl (C=O) groups is 3. The van der Waals surface area contributed by atoms with Crippen molar-refractivity contribution >= 4 is 17.9 Å². The maximum atomic E-state index is 12.8.